The Morgan fingerprint density at radius 3 is 2.62 bits per heavy atom. The molecule has 2 fully saturated rings. The normalized spacial score (nSPS) is 23.8. The average Bonchev–Trinajstić information content (AvgIpc) is 3.06. The van der Waals surface area contributed by atoms with Gasteiger partial charge in [-0.2, -0.15) is 5.10 Å². The first-order valence-electron chi connectivity index (χ1n) is 7.07. The van der Waals surface area contributed by atoms with Gasteiger partial charge in [0.15, 0.2) is 5.82 Å². The number of barbiturate groups is 1. The molecule has 2 aliphatic rings. The molecule has 8 nitrogen and oxygen atoms in total. The van der Waals surface area contributed by atoms with E-state index in [4.69, 9.17) is 0 Å². The highest BCUT2D eigenvalue weighted by atomic mass is 16.2. The van der Waals surface area contributed by atoms with E-state index in [1.165, 1.54) is 11.0 Å². The van der Waals surface area contributed by atoms with E-state index in [1.807, 2.05) is 0 Å². The molecule has 0 spiro atoms. The number of nitrogens with one attached hydrogen (secondary N) is 1. The van der Waals surface area contributed by atoms with Crippen LogP contribution in [0.15, 0.2) is 6.33 Å². The molecule has 1 aliphatic carbocycles. The smallest absolute Gasteiger partial charge is 0.277 e. The van der Waals surface area contributed by atoms with Gasteiger partial charge in [-0.05, 0) is 18.8 Å². The maximum atomic E-state index is 12.5. The maximum Gasteiger partial charge on any atom is 0.331 e. The Morgan fingerprint density at radius 2 is 2.00 bits per heavy atom. The number of urea groups is 1. The van der Waals surface area contributed by atoms with Crippen LogP contribution < -0.4 is 5.32 Å². The molecule has 1 aliphatic heterocycles. The quantitative estimate of drug-likeness (QED) is 0.802. The molecule has 8 heteroatoms. The molecule has 4 amide bonds. The molecule has 2 heterocycles. The van der Waals surface area contributed by atoms with Gasteiger partial charge in [-0.1, -0.05) is 12.8 Å². The Hall–Kier alpha value is -2.25. The molecule has 3 rings (SSSR count). The van der Waals surface area contributed by atoms with Gasteiger partial charge >= 0.3 is 6.03 Å². The second-order valence-corrected chi connectivity index (χ2v) is 5.58. The summed E-state index contributed by atoms with van der Waals surface area (Å²) in [5.41, 5.74) is 0. The minimum Gasteiger partial charge on any atom is -0.277 e. The van der Waals surface area contributed by atoms with E-state index in [9.17, 15) is 14.4 Å². The molecule has 21 heavy (non-hydrogen) atoms. The summed E-state index contributed by atoms with van der Waals surface area (Å²) in [6.45, 7) is -0.0119. The lowest BCUT2D eigenvalue weighted by Crippen LogP contribution is -2.59. The number of aryl methyl sites for hydroxylation is 1. The van der Waals surface area contributed by atoms with Crippen LogP contribution in [0.2, 0.25) is 0 Å². The fourth-order valence-corrected chi connectivity index (χ4v) is 3.08. The SMILES string of the molecule is Cn1cnc(CN2C(=O)NC(=O)C(C3CCCC3)C2=O)n1. The van der Waals surface area contributed by atoms with Crippen molar-refractivity contribution in [1.82, 2.24) is 25.0 Å². The highest BCUT2D eigenvalue weighted by Crippen LogP contribution is 2.34. The largest absolute Gasteiger partial charge is 0.331 e. The van der Waals surface area contributed by atoms with E-state index >= 15 is 0 Å². The predicted molar refractivity (Wildman–Crippen MR) is 70.5 cm³/mol. The van der Waals surface area contributed by atoms with Crippen LogP contribution >= 0.6 is 0 Å². The van der Waals surface area contributed by atoms with E-state index in [0.29, 0.717) is 5.82 Å². The van der Waals surface area contributed by atoms with E-state index in [2.05, 4.69) is 15.4 Å². The molecular weight excluding hydrogens is 274 g/mol. The highest BCUT2D eigenvalue weighted by molar-refractivity contribution is 6.16. The Bertz CT molecular complexity index is 590. The Morgan fingerprint density at radius 1 is 1.29 bits per heavy atom. The summed E-state index contributed by atoms with van der Waals surface area (Å²) in [6.07, 6.45) is 5.26. The minimum atomic E-state index is -0.756. The van der Waals surface area contributed by atoms with Crippen molar-refractivity contribution in [2.75, 3.05) is 0 Å². The molecule has 1 N–H and O–H groups in total. The van der Waals surface area contributed by atoms with Gasteiger partial charge in [0.25, 0.3) is 0 Å². The van der Waals surface area contributed by atoms with Crippen LogP contribution in [-0.2, 0) is 23.2 Å². The van der Waals surface area contributed by atoms with Crippen molar-refractivity contribution in [2.45, 2.75) is 32.2 Å². The van der Waals surface area contributed by atoms with Crippen LogP contribution in [0.25, 0.3) is 0 Å². The van der Waals surface area contributed by atoms with Gasteiger partial charge < -0.3 is 0 Å². The Kier molecular flexibility index (Phi) is 3.44. The summed E-state index contributed by atoms with van der Waals surface area (Å²) in [4.78, 5) is 41.5. The zero-order valence-corrected chi connectivity index (χ0v) is 11.8. The molecule has 1 aromatic rings. The molecule has 112 valence electrons. The molecular formula is C13H17N5O3. The molecule has 1 saturated heterocycles. The Balaban J connectivity index is 1.80. The van der Waals surface area contributed by atoms with Crippen molar-refractivity contribution in [3.63, 3.8) is 0 Å². The number of amides is 4. The van der Waals surface area contributed by atoms with Crippen LogP contribution in [0.5, 0.6) is 0 Å². The van der Waals surface area contributed by atoms with Crippen LogP contribution in [0.3, 0.4) is 0 Å². The van der Waals surface area contributed by atoms with Gasteiger partial charge in [0.1, 0.15) is 12.2 Å². The summed E-state index contributed by atoms with van der Waals surface area (Å²) in [6, 6.07) is -0.688. The van der Waals surface area contributed by atoms with Gasteiger partial charge in [0.05, 0.1) is 6.54 Å². The van der Waals surface area contributed by atoms with Gasteiger partial charge in [0.2, 0.25) is 11.8 Å². The number of carbonyl (C=O) groups is 3. The fraction of sp³-hybridized carbons (Fsp3) is 0.615. The van der Waals surface area contributed by atoms with Crippen molar-refractivity contribution < 1.29 is 14.4 Å². The third-order valence-electron chi connectivity index (χ3n) is 4.11. The van der Waals surface area contributed by atoms with Crippen molar-refractivity contribution in [1.29, 1.82) is 0 Å². The van der Waals surface area contributed by atoms with Crippen LogP contribution in [-0.4, -0.2) is 37.5 Å². The number of carbonyl (C=O) groups excluding carboxylic acids is 3. The summed E-state index contributed by atoms with van der Waals surface area (Å²) in [5.74, 6) is -1.25. The van der Waals surface area contributed by atoms with E-state index in [1.54, 1.807) is 7.05 Å². The third-order valence-corrected chi connectivity index (χ3v) is 4.11. The predicted octanol–water partition coefficient (Wildman–Crippen LogP) is 0.200. The molecule has 1 unspecified atom stereocenters. The zero-order valence-electron chi connectivity index (χ0n) is 11.8. The monoisotopic (exact) mass is 291 g/mol. The lowest BCUT2D eigenvalue weighted by molar-refractivity contribution is -0.145. The first kappa shape index (κ1) is 13.7. The molecule has 0 aromatic carbocycles. The van der Waals surface area contributed by atoms with Gasteiger partial charge in [-0.25, -0.2) is 9.78 Å². The van der Waals surface area contributed by atoms with Crippen molar-refractivity contribution in [3.8, 4) is 0 Å². The topological polar surface area (TPSA) is 97.2 Å². The van der Waals surface area contributed by atoms with Crippen LogP contribution in [0.1, 0.15) is 31.5 Å². The lowest BCUT2D eigenvalue weighted by Gasteiger charge is -2.32. The molecule has 0 radical (unpaired) electrons. The van der Waals surface area contributed by atoms with Gasteiger partial charge in [-0.15, -0.1) is 0 Å². The summed E-state index contributed by atoms with van der Waals surface area (Å²) in [5, 5.41) is 6.34. The second-order valence-electron chi connectivity index (χ2n) is 5.58. The summed E-state index contributed by atoms with van der Waals surface area (Å²) in [7, 11) is 1.71. The number of nitrogens with zero attached hydrogens (tertiary/aromatic N) is 4. The van der Waals surface area contributed by atoms with E-state index in [-0.39, 0.29) is 12.5 Å². The standard InChI is InChI=1S/C13H17N5O3/c1-17-7-14-9(16-17)6-18-12(20)10(8-4-2-3-5-8)11(19)15-13(18)21/h7-8,10H,2-6H2,1H3,(H,15,19,21). The second kappa shape index (κ2) is 5.27. The highest BCUT2D eigenvalue weighted by Gasteiger charge is 2.45. The van der Waals surface area contributed by atoms with Gasteiger partial charge in [0, 0.05) is 7.05 Å². The molecule has 1 saturated carbocycles. The van der Waals surface area contributed by atoms with E-state index in [0.717, 1.165) is 30.6 Å². The fourth-order valence-electron chi connectivity index (χ4n) is 3.08. The number of aromatic nitrogens is 3. The number of hydrogen-bond donors (Lipinski definition) is 1. The summed E-state index contributed by atoms with van der Waals surface area (Å²) < 4.78 is 1.50. The third kappa shape index (κ3) is 2.53. The van der Waals surface area contributed by atoms with E-state index < -0.39 is 23.8 Å². The first-order chi connectivity index (χ1) is 10.1. The molecule has 0 bridgehead atoms. The minimum absolute atomic E-state index is 0.0119. The van der Waals surface area contributed by atoms with Crippen LogP contribution in [0.4, 0.5) is 4.79 Å². The van der Waals surface area contributed by atoms with Crippen molar-refractivity contribution in [2.24, 2.45) is 18.9 Å². The average molecular weight is 291 g/mol. The zero-order chi connectivity index (χ0) is 15.0. The maximum absolute atomic E-state index is 12.5. The Labute approximate surface area is 121 Å². The molecule has 1 atom stereocenters. The number of rotatable bonds is 3. The van der Waals surface area contributed by atoms with Crippen molar-refractivity contribution in [3.05, 3.63) is 12.2 Å². The number of hydrogen-bond acceptors (Lipinski definition) is 5. The van der Waals surface area contributed by atoms with Crippen molar-refractivity contribution >= 4 is 17.8 Å². The first-order valence-corrected chi connectivity index (χ1v) is 7.07. The lowest BCUT2D eigenvalue weighted by atomic mass is 9.87. The van der Waals surface area contributed by atoms with Gasteiger partial charge in [-0.3, -0.25) is 24.5 Å². The molecule has 1 aromatic heterocycles. The summed E-state index contributed by atoms with van der Waals surface area (Å²) >= 11 is 0. The number of imide groups is 2. The van der Waals surface area contributed by atoms with Crippen LogP contribution in [0, 0.1) is 11.8 Å².